The maximum Gasteiger partial charge on any atom is 0.230 e. The van der Waals surface area contributed by atoms with E-state index in [1.807, 2.05) is 11.0 Å². The molecular weight excluding hydrogens is 344 g/mol. The molecule has 128 valence electrons. The van der Waals surface area contributed by atoms with Crippen molar-refractivity contribution in [3.05, 3.63) is 41.5 Å². The van der Waals surface area contributed by atoms with Crippen LogP contribution in [0.5, 0.6) is 5.88 Å². The Morgan fingerprint density at radius 1 is 1.24 bits per heavy atom. The average molecular weight is 359 g/mol. The summed E-state index contributed by atoms with van der Waals surface area (Å²) in [6.45, 7) is 0.798. The van der Waals surface area contributed by atoms with Crippen LogP contribution in [0, 0.1) is 0 Å². The maximum absolute atomic E-state index is 6.07. The van der Waals surface area contributed by atoms with Gasteiger partial charge in [0.15, 0.2) is 17.3 Å². The fraction of sp³-hybridized carbons (Fsp3) is 0.312. The van der Waals surface area contributed by atoms with E-state index in [1.165, 1.54) is 0 Å². The highest BCUT2D eigenvalue weighted by Gasteiger charge is 2.32. The molecule has 8 nitrogen and oxygen atoms in total. The molecule has 3 aromatic rings. The summed E-state index contributed by atoms with van der Waals surface area (Å²) in [5, 5.41) is 4.43. The van der Waals surface area contributed by atoms with E-state index in [-0.39, 0.29) is 6.04 Å². The first-order valence-corrected chi connectivity index (χ1v) is 8.21. The number of nitrogens with zero attached hydrogens (tertiary/aromatic N) is 6. The second-order valence-corrected chi connectivity index (χ2v) is 5.96. The molecule has 0 spiro atoms. The van der Waals surface area contributed by atoms with Gasteiger partial charge in [-0.2, -0.15) is 4.98 Å². The Hall–Kier alpha value is -2.74. The zero-order chi connectivity index (χ0) is 17.2. The molecule has 1 unspecified atom stereocenters. The molecule has 1 fully saturated rings. The third kappa shape index (κ3) is 3.12. The van der Waals surface area contributed by atoms with E-state index < -0.39 is 0 Å². The summed E-state index contributed by atoms with van der Waals surface area (Å²) in [6.07, 6.45) is 5.23. The van der Waals surface area contributed by atoms with Crippen LogP contribution in [0.1, 0.15) is 24.6 Å². The van der Waals surface area contributed by atoms with E-state index in [4.69, 9.17) is 20.9 Å². The lowest BCUT2D eigenvalue weighted by Gasteiger charge is -2.22. The standard InChI is InChI=1S/C16H15ClN6O2/c1-24-14-9-13(17)20-16(21-14)23-7-2-4-11(23)12-8-10(22-25-12)15-18-5-3-6-19-15/h3,5-6,8-9,11H,2,4,7H2,1H3. The highest BCUT2D eigenvalue weighted by Crippen LogP contribution is 2.36. The molecule has 1 atom stereocenters. The summed E-state index contributed by atoms with van der Waals surface area (Å²) in [7, 11) is 1.55. The van der Waals surface area contributed by atoms with Gasteiger partial charge in [0, 0.05) is 31.1 Å². The molecule has 0 bridgehead atoms. The van der Waals surface area contributed by atoms with Crippen LogP contribution in [0.15, 0.2) is 35.1 Å². The number of rotatable bonds is 4. The average Bonchev–Trinajstić information content (AvgIpc) is 3.31. The summed E-state index contributed by atoms with van der Waals surface area (Å²) in [5.74, 6) is 2.20. The molecule has 4 heterocycles. The van der Waals surface area contributed by atoms with Gasteiger partial charge in [-0.15, -0.1) is 0 Å². The van der Waals surface area contributed by atoms with Crippen LogP contribution in [0.3, 0.4) is 0 Å². The molecule has 3 aromatic heterocycles. The molecule has 4 rings (SSSR count). The van der Waals surface area contributed by atoms with Crippen LogP contribution in [0.2, 0.25) is 5.15 Å². The normalized spacial score (nSPS) is 17.0. The molecular formula is C16H15ClN6O2. The first kappa shape index (κ1) is 15.8. The first-order valence-electron chi connectivity index (χ1n) is 7.84. The predicted molar refractivity (Wildman–Crippen MR) is 90.4 cm³/mol. The topological polar surface area (TPSA) is 90.1 Å². The van der Waals surface area contributed by atoms with E-state index in [1.54, 1.807) is 31.6 Å². The summed E-state index contributed by atoms with van der Waals surface area (Å²) in [6, 6.07) is 5.18. The molecule has 1 saturated heterocycles. The SMILES string of the molecule is COc1cc(Cl)nc(N2CCCC2c2cc(-c3ncccn3)no2)n1. The molecule has 25 heavy (non-hydrogen) atoms. The number of ether oxygens (including phenoxy) is 1. The lowest BCUT2D eigenvalue weighted by atomic mass is 10.1. The molecule has 1 aliphatic heterocycles. The van der Waals surface area contributed by atoms with Gasteiger partial charge < -0.3 is 14.2 Å². The van der Waals surface area contributed by atoms with Gasteiger partial charge >= 0.3 is 0 Å². The van der Waals surface area contributed by atoms with Crippen LogP contribution >= 0.6 is 11.6 Å². The third-order valence-electron chi connectivity index (χ3n) is 4.03. The van der Waals surface area contributed by atoms with Gasteiger partial charge in [0.25, 0.3) is 0 Å². The molecule has 9 heteroatoms. The van der Waals surface area contributed by atoms with Gasteiger partial charge in [-0.05, 0) is 18.9 Å². The zero-order valence-electron chi connectivity index (χ0n) is 13.5. The van der Waals surface area contributed by atoms with Crippen LogP contribution in [0.4, 0.5) is 5.95 Å². The monoisotopic (exact) mass is 358 g/mol. The molecule has 1 aliphatic rings. The van der Waals surface area contributed by atoms with Crippen molar-refractivity contribution in [3.63, 3.8) is 0 Å². The number of hydrogen-bond donors (Lipinski definition) is 0. The molecule has 0 aromatic carbocycles. The van der Waals surface area contributed by atoms with Crippen LogP contribution in [-0.4, -0.2) is 38.7 Å². The second kappa shape index (κ2) is 6.64. The number of anilines is 1. The Balaban J connectivity index is 1.64. The molecule has 0 N–H and O–H groups in total. The van der Waals surface area contributed by atoms with E-state index in [0.717, 1.165) is 25.1 Å². The van der Waals surface area contributed by atoms with Gasteiger partial charge in [-0.25, -0.2) is 15.0 Å². The van der Waals surface area contributed by atoms with Gasteiger partial charge in [-0.3, -0.25) is 0 Å². The molecule has 0 radical (unpaired) electrons. The largest absolute Gasteiger partial charge is 0.481 e. The highest BCUT2D eigenvalue weighted by atomic mass is 35.5. The second-order valence-electron chi connectivity index (χ2n) is 5.57. The quantitative estimate of drug-likeness (QED) is 0.657. The lowest BCUT2D eigenvalue weighted by molar-refractivity contribution is 0.361. The maximum atomic E-state index is 6.07. The van der Waals surface area contributed by atoms with Crippen LogP contribution in [-0.2, 0) is 0 Å². The molecule has 0 saturated carbocycles. The van der Waals surface area contributed by atoms with E-state index >= 15 is 0 Å². The van der Waals surface area contributed by atoms with Crippen molar-refractivity contribution in [2.75, 3.05) is 18.6 Å². The summed E-state index contributed by atoms with van der Waals surface area (Å²) in [4.78, 5) is 19.1. The number of methoxy groups -OCH3 is 1. The van der Waals surface area contributed by atoms with Crippen LogP contribution in [0.25, 0.3) is 11.5 Å². The van der Waals surface area contributed by atoms with E-state index in [2.05, 4.69) is 25.1 Å². The van der Waals surface area contributed by atoms with Crippen molar-refractivity contribution < 1.29 is 9.26 Å². The number of aromatic nitrogens is 5. The first-order chi connectivity index (χ1) is 12.2. The van der Waals surface area contributed by atoms with Crippen molar-refractivity contribution >= 4 is 17.5 Å². The molecule has 0 aliphatic carbocycles. The van der Waals surface area contributed by atoms with Gasteiger partial charge in [0.05, 0.1) is 13.2 Å². The lowest BCUT2D eigenvalue weighted by Crippen LogP contribution is -2.24. The third-order valence-corrected chi connectivity index (χ3v) is 4.22. The Morgan fingerprint density at radius 3 is 2.88 bits per heavy atom. The van der Waals surface area contributed by atoms with Crippen molar-refractivity contribution in [1.29, 1.82) is 0 Å². The van der Waals surface area contributed by atoms with Gasteiger partial charge in [0.2, 0.25) is 11.8 Å². The fourth-order valence-corrected chi connectivity index (χ4v) is 3.07. The van der Waals surface area contributed by atoms with E-state index in [0.29, 0.717) is 28.5 Å². The minimum atomic E-state index is -0.0202. The Morgan fingerprint density at radius 2 is 2.08 bits per heavy atom. The minimum Gasteiger partial charge on any atom is -0.481 e. The Bertz CT molecular complexity index is 872. The smallest absolute Gasteiger partial charge is 0.230 e. The highest BCUT2D eigenvalue weighted by molar-refractivity contribution is 6.29. The Labute approximate surface area is 148 Å². The van der Waals surface area contributed by atoms with Gasteiger partial charge in [-0.1, -0.05) is 16.8 Å². The van der Waals surface area contributed by atoms with Crippen molar-refractivity contribution in [2.45, 2.75) is 18.9 Å². The summed E-state index contributed by atoms with van der Waals surface area (Å²) < 4.78 is 10.7. The van der Waals surface area contributed by atoms with Crippen molar-refractivity contribution in [1.82, 2.24) is 25.1 Å². The zero-order valence-corrected chi connectivity index (χ0v) is 14.2. The fourth-order valence-electron chi connectivity index (χ4n) is 2.90. The summed E-state index contributed by atoms with van der Waals surface area (Å²) in [5.41, 5.74) is 0.604. The number of halogens is 1. The van der Waals surface area contributed by atoms with Crippen molar-refractivity contribution in [3.8, 4) is 17.4 Å². The van der Waals surface area contributed by atoms with Gasteiger partial charge in [0.1, 0.15) is 5.15 Å². The van der Waals surface area contributed by atoms with Crippen LogP contribution < -0.4 is 9.64 Å². The minimum absolute atomic E-state index is 0.0202. The predicted octanol–water partition coefficient (Wildman–Crippen LogP) is 2.93. The summed E-state index contributed by atoms with van der Waals surface area (Å²) >= 11 is 6.07. The van der Waals surface area contributed by atoms with E-state index in [9.17, 15) is 0 Å². The Kier molecular flexibility index (Phi) is 4.19. The number of hydrogen-bond acceptors (Lipinski definition) is 8. The van der Waals surface area contributed by atoms with Crippen molar-refractivity contribution in [2.24, 2.45) is 0 Å². The molecule has 0 amide bonds.